The van der Waals surface area contributed by atoms with Gasteiger partial charge in [0.15, 0.2) is 0 Å². The zero-order valence-electron chi connectivity index (χ0n) is 26.1. The fourth-order valence-corrected chi connectivity index (χ4v) is 7.89. The molecule has 0 nitrogen and oxygen atoms in total. The van der Waals surface area contributed by atoms with Crippen molar-refractivity contribution in [3.63, 3.8) is 0 Å². The molecule has 1 saturated carbocycles. The molecule has 40 heavy (non-hydrogen) atoms. The Morgan fingerprint density at radius 2 is 1.50 bits per heavy atom. The molecular weight excluding hydrogens is 607 g/mol. The van der Waals surface area contributed by atoms with Gasteiger partial charge in [0.05, 0.1) is 0 Å². The Morgan fingerprint density at radius 3 is 2.05 bits per heavy atom. The van der Waals surface area contributed by atoms with Crippen molar-refractivity contribution >= 4 is 5.57 Å². The number of benzene rings is 1. The molecule has 2 aromatic carbocycles. The van der Waals surface area contributed by atoms with E-state index in [1.54, 1.807) is 34.3 Å². The average molecular weight is 655 g/mol. The van der Waals surface area contributed by atoms with Crippen LogP contribution in [-0.4, -0.2) is 0 Å². The van der Waals surface area contributed by atoms with E-state index in [9.17, 15) is 0 Å². The molecule has 2 atom stereocenters. The second-order valence-corrected chi connectivity index (χ2v) is 13.1. The van der Waals surface area contributed by atoms with Crippen LogP contribution in [-0.2, 0) is 32.6 Å². The van der Waals surface area contributed by atoms with Crippen molar-refractivity contribution in [3.8, 4) is 0 Å². The predicted octanol–water partition coefficient (Wildman–Crippen LogP) is 4.57. The van der Waals surface area contributed by atoms with Crippen molar-refractivity contribution in [2.75, 3.05) is 0 Å². The maximum Gasteiger partial charge on any atom is 4.00 e. The Bertz CT molecular complexity index is 1220. The van der Waals surface area contributed by atoms with E-state index in [1.807, 2.05) is 37.3 Å². The van der Waals surface area contributed by atoms with Gasteiger partial charge < -0.3 is 24.8 Å². The van der Waals surface area contributed by atoms with Crippen LogP contribution < -0.4 is 24.8 Å². The number of hydrogen-bond acceptors (Lipinski definition) is 0. The molecule has 0 saturated heterocycles. The van der Waals surface area contributed by atoms with Crippen LogP contribution in [0.25, 0.3) is 5.57 Å². The average Bonchev–Trinajstić information content (AvgIpc) is 3.55. The number of hydrogen-bond donors (Lipinski definition) is 0. The van der Waals surface area contributed by atoms with Gasteiger partial charge in [0.2, 0.25) is 0 Å². The molecule has 0 heterocycles. The third-order valence-electron chi connectivity index (χ3n) is 11.3. The molecule has 0 aliphatic heterocycles. The normalized spacial score (nSPS) is 25.4. The molecule has 0 radical (unpaired) electrons. The summed E-state index contributed by atoms with van der Waals surface area (Å²) in [4.78, 5) is 0. The first-order valence-electron chi connectivity index (χ1n) is 14.2. The van der Waals surface area contributed by atoms with E-state index >= 15 is 0 Å². The monoisotopic (exact) mass is 652 g/mol. The van der Waals surface area contributed by atoms with E-state index in [2.05, 4.69) is 98.4 Å². The molecule has 6 rings (SSSR count). The maximum atomic E-state index is 3.36. The summed E-state index contributed by atoms with van der Waals surface area (Å²) in [6, 6.07) is 19.2. The van der Waals surface area contributed by atoms with Crippen LogP contribution in [0.5, 0.6) is 0 Å². The van der Waals surface area contributed by atoms with Gasteiger partial charge in [-0.2, -0.15) is 29.3 Å². The van der Waals surface area contributed by atoms with Gasteiger partial charge >= 0.3 is 26.2 Å². The van der Waals surface area contributed by atoms with Crippen molar-refractivity contribution in [1.82, 2.24) is 0 Å². The van der Waals surface area contributed by atoms with Crippen LogP contribution in [0.4, 0.5) is 0 Å². The minimum absolute atomic E-state index is 0. The zero-order chi connectivity index (χ0) is 27.2. The molecule has 2 unspecified atom stereocenters. The third kappa shape index (κ3) is 5.27. The summed E-state index contributed by atoms with van der Waals surface area (Å²) in [6.07, 6.45) is 10.3. The van der Waals surface area contributed by atoms with E-state index in [-0.39, 0.29) is 72.7 Å². The standard InChI is InChI=1S/C29H37.C5H5.C3H6.2ClH.Zr/c1-18-25-22-17-19-13-9-10-14-20(19)24(22)21-15-11-12-16-23(21)29(25,8)28(6,7)27(4,5)26(18,2)3;1-2-4-5-3-1;1-3-2;;;/h9-11,13-15,23H,12,16-17H2,1-8H3;1-5H;3H,1H2,2H3;2*1H;/q2*-1;;;;+4/p-2. The first-order chi connectivity index (χ1) is 17.4. The Kier molecular flexibility index (Phi) is 12.4. The van der Waals surface area contributed by atoms with Gasteiger partial charge in [-0.25, -0.2) is 18.1 Å². The van der Waals surface area contributed by atoms with Crippen LogP contribution in [0.15, 0.2) is 96.1 Å². The van der Waals surface area contributed by atoms with Crippen LogP contribution >= 0.6 is 0 Å². The van der Waals surface area contributed by atoms with E-state index in [0.717, 1.165) is 6.42 Å². The van der Waals surface area contributed by atoms with Crippen molar-refractivity contribution in [3.05, 3.63) is 113 Å². The van der Waals surface area contributed by atoms with Gasteiger partial charge in [0.1, 0.15) is 0 Å². The minimum Gasteiger partial charge on any atom is -1.00 e. The number of fused-ring (bicyclic) bond motifs is 6. The summed E-state index contributed by atoms with van der Waals surface area (Å²) in [5, 5.41) is 0. The molecule has 0 spiro atoms. The summed E-state index contributed by atoms with van der Waals surface area (Å²) in [5.41, 5.74) is 10.3. The molecule has 2 aromatic rings. The maximum absolute atomic E-state index is 3.36. The van der Waals surface area contributed by atoms with Crippen molar-refractivity contribution in [2.45, 2.75) is 81.6 Å². The van der Waals surface area contributed by atoms with Crippen molar-refractivity contribution < 1.29 is 51.0 Å². The molecule has 0 N–H and O–H groups in total. The second-order valence-electron chi connectivity index (χ2n) is 13.1. The smallest absolute Gasteiger partial charge is 1.00 e. The Hall–Kier alpha value is -1.14. The summed E-state index contributed by atoms with van der Waals surface area (Å²) in [7, 11) is 0. The first kappa shape index (κ1) is 36.9. The topological polar surface area (TPSA) is 0 Å². The van der Waals surface area contributed by atoms with E-state index < -0.39 is 0 Å². The Morgan fingerprint density at radius 1 is 0.925 bits per heavy atom. The quantitative estimate of drug-likeness (QED) is 0.289. The summed E-state index contributed by atoms with van der Waals surface area (Å²) < 4.78 is 0. The van der Waals surface area contributed by atoms with Crippen LogP contribution in [0.1, 0.15) is 86.3 Å². The molecule has 1 fully saturated rings. The van der Waals surface area contributed by atoms with Gasteiger partial charge in [-0.15, -0.1) is 13.5 Å². The Labute approximate surface area is 277 Å². The SMILES string of the molecule is C=CC.C[C-]1C2=C3Cc4ccccc4C3=C3C=CCCC3C2(C)C(C)(C)C(C)(C)C1(C)C.[Cl-].[Cl-].[Zr+4].c1cc[cH-]c1. The molecule has 214 valence electrons. The van der Waals surface area contributed by atoms with Crippen molar-refractivity contribution in [2.24, 2.45) is 27.6 Å². The fourth-order valence-electron chi connectivity index (χ4n) is 7.89. The third-order valence-corrected chi connectivity index (χ3v) is 11.3. The molecular formula is C37H48Cl2Zr. The molecule has 0 bridgehead atoms. The molecule has 3 heteroatoms. The molecule has 4 aliphatic rings. The van der Waals surface area contributed by atoms with E-state index in [4.69, 9.17) is 0 Å². The Balaban J connectivity index is 0.000000639. The second kappa shape index (κ2) is 13.4. The van der Waals surface area contributed by atoms with Gasteiger partial charge in [-0.1, -0.05) is 120 Å². The largest absolute Gasteiger partial charge is 4.00 e. The van der Waals surface area contributed by atoms with Crippen molar-refractivity contribution in [1.29, 1.82) is 0 Å². The number of rotatable bonds is 0. The van der Waals surface area contributed by atoms with Gasteiger partial charge in [-0.3, -0.25) is 0 Å². The molecule has 0 amide bonds. The van der Waals surface area contributed by atoms with Crippen LogP contribution in [0.3, 0.4) is 0 Å². The number of halogens is 2. The summed E-state index contributed by atoms with van der Waals surface area (Å²) in [6.45, 7) is 25.5. The molecule has 0 aromatic heterocycles. The van der Waals surface area contributed by atoms with E-state index in [0.29, 0.717) is 5.92 Å². The van der Waals surface area contributed by atoms with Gasteiger partial charge in [0.25, 0.3) is 0 Å². The summed E-state index contributed by atoms with van der Waals surface area (Å²) in [5.74, 6) is 2.24. The predicted molar refractivity (Wildman–Crippen MR) is 162 cm³/mol. The van der Waals surface area contributed by atoms with E-state index in [1.165, 1.54) is 24.0 Å². The van der Waals surface area contributed by atoms with Crippen LogP contribution in [0.2, 0.25) is 0 Å². The van der Waals surface area contributed by atoms with Gasteiger partial charge in [-0.05, 0) is 47.5 Å². The first-order valence-corrected chi connectivity index (χ1v) is 14.2. The molecule has 4 aliphatic carbocycles. The fraction of sp³-hybridized carbons (Fsp3) is 0.459. The summed E-state index contributed by atoms with van der Waals surface area (Å²) >= 11 is 0. The number of allylic oxidation sites excluding steroid dienone is 7. The van der Waals surface area contributed by atoms with Gasteiger partial charge in [0, 0.05) is 0 Å². The minimum atomic E-state index is 0. The van der Waals surface area contributed by atoms with Crippen LogP contribution in [0, 0.1) is 33.5 Å². The zero-order valence-corrected chi connectivity index (χ0v) is 30.1.